The third-order valence-corrected chi connectivity index (χ3v) is 11.3. The molecule has 3 aromatic rings. The number of allylic oxidation sites excluding steroid dienone is 2. The minimum absolute atomic E-state index is 0.0338. The molecule has 2 aromatic carbocycles. The molecule has 7 rings (SSSR count). The summed E-state index contributed by atoms with van der Waals surface area (Å²) in [5.74, 6) is -7.18. The summed E-state index contributed by atoms with van der Waals surface area (Å²) in [7, 11) is 0. The number of imide groups is 2. The lowest BCUT2D eigenvalue weighted by atomic mass is 9.49. The number of halogens is 5. The van der Waals surface area contributed by atoms with E-state index in [2.05, 4.69) is 10.4 Å². The number of aromatic nitrogens is 1. The van der Waals surface area contributed by atoms with Gasteiger partial charge in [-0.15, -0.1) is 0 Å². The molecule has 3 fully saturated rings. The molecule has 4 amide bonds. The summed E-state index contributed by atoms with van der Waals surface area (Å²) in [5.41, 5.74) is 0.890. The Morgan fingerprint density at radius 3 is 2.40 bits per heavy atom. The number of nitrogens with one attached hydrogen (secondary N) is 1. The first kappa shape index (κ1) is 35.8. The number of benzene rings is 2. The van der Waals surface area contributed by atoms with Crippen molar-refractivity contribution in [3.05, 3.63) is 93.1 Å². The van der Waals surface area contributed by atoms with E-state index in [1.165, 1.54) is 4.90 Å². The molecule has 2 N–H and O–H groups in total. The second-order valence-electron chi connectivity index (χ2n) is 13.4. The first-order valence-electron chi connectivity index (χ1n) is 16.9. The molecule has 1 saturated carbocycles. The predicted molar refractivity (Wildman–Crippen MR) is 183 cm³/mol. The Labute approximate surface area is 306 Å². The van der Waals surface area contributed by atoms with Crippen LogP contribution >= 0.6 is 23.2 Å². The van der Waals surface area contributed by atoms with Gasteiger partial charge in [0.05, 0.1) is 40.4 Å². The molecule has 0 bridgehead atoms. The van der Waals surface area contributed by atoms with Crippen molar-refractivity contribution in [1.29, 1.82) is 0 Å². The zero-order valence-corrected chi connectivity index (χ0v) is 29.4. The van der Waals surface area contributed by atoms with Crippen molar-refractivity contribution in [2.75, 3.05) is 18.6 Å². The summed E-state index contributed by atoms with van der Waals surface area (Å²) in [6.07, 6.45) is -1.65. The molecule has 3 heterocycles. The van der Waals surface area contributed by atoms with Gasteiger partial charge in [0.15, 0.2) is 17.3 Å². The highest BCUT2D eigenvalue weighted by atomic mass is 35.5. The summed E-state index contributed by atoms with van der Waals surface area (Å²) in [6.45, 7) is 4.05. The summed E-state index contributed by atoms with van der Waals surface area (Å²) in [5, 5.41) is 12.4. The highest BCUT2D eigenvalue weighted by Crippen LogP contribution is 2.65. The van der Waals surface area contributed by atoms with Crippen LogP contribution in [0.25, 0.3) is 0 Å². The predicted octanol–water partition coefficient (Wildman–Crippen LogP) is 6.91. The van der Waals surface area contributed by atoms with E-state index in [9.17, 15) is 32.7 Å². The van der Waals surface area contributed by atoms with Gasteiger partial charge in [-0.25, -0.2) is 4.98 Å². The van der Waals surface area contributed by atoms with Crippen molar-refractivity contribution in [3.63, 3.8) is 0 Å². The number of rotatable bonds is 8. The van der Waals surface area contributed by atoms with Gasteiger partial charge in [-0.05, 0) is 61.9 Å². The van der Waals surface area contributed by atoms with Gasteiger partial charge >= 0.3 is 6.18 Å². The van der Waals surface area contributed by atoms with Gasteiger partial charge in [-0.2, -0.15) is 18.2 Å². The molecule has 2 saturated heterocycles. The average Bonchev–Trinajstić information content (AvgIpc) is 3.47. The number of para-hydroxylation sites is 1. The molecule has 6 unspecified atom stereocenters. The van der Waals surface area contributed by atoms with E-state index in [1.807, 2.05) is 13.0 Å². The van der Waals surface area contributed by atoms with Crippen LogP contribution < -0.4 is 10.2 Å². The lowest BCUT2D eigenvalue weighted by Crippen LogP contribution is -2.53. The van der Waals surface area contributed by atoms with Crippen LogP contribution in [0.5, 0.6) is 11.5 Å². The van der Waals surface area contributed by atoms with Crippen LogP contribution in [0.2, 0.25) is 10.0 Å². The van der Waals surface area contributed by atoms with Gasteiger partial charge in [-0.1, -0.05) is 66.0 Å². The minimum atomic E-state index is -4.75. The van der Waals surface area contributed by atoms with Gasteiger partial charge < -0.3 is 9.84 Å². The fraction of sp³-hybridized carbons (Fsp3) is 0.378. The monoisotopic (exact) mass is 756 g/mol. The number of anilines is 1. The van der Waals surface area contributed by atoms with Crippen LogP contribution in [0, 0.1) is 23.7 Å². The number of nitrogens with zero attached hydrogens (tertiary/aromatic N) is 3. The lowest BCUT2D eigenvalue weighted by Gasteiger charge is -2.50. The van der Waals surface area contributed by atoms with Crippen LogP contribution in [0.1, 0.15) is 55.7 Å². The van der Waals surface area contributed by atoms with Gasteiger partial charge in [0.1, 0.15) is 0 Å². The SMILES string of the molecule is CCCN1C(=O)C2CC=C3C(CC4C(=O)N(Nc5ncc(C(F)(F)F)cc5Cl)C(=O)C4(c4ccc(Cl)cc4)C3c3cccc(OCC)c3O)C2C1=O. The zero-order valence-electron chi connectivity index (χ0n) is 27.9. The number of amides is 4. The number of hydrogen-bond acceptors (Lipinski definition) is 8. The summed E-state index contributed by atoms with van der Waals surface area (Å²) in [6, 6.07) is 11.8. The fourth-order valence-corrected chi connectivity index (χ4v) is 9.02. The Kier molecular flexibility index (Phi) is 9.01. The molecule has 4 aliphatic rings. The van der Waals surface area contributed by atoms with E-state index >= 15 is 4.79 Å². The molecule has 2 aliphatic heterocycles. The zero-order chi connectivity index (χ0) is 37.3. The molecule has 272 valence electrons. The van der Waals surface area contributed by atoms with Gasteiger partial charge in [-0.3, -0.25) is 29.5 Å². The molecule has 15 heteroatoms. The van der Waals surface area contributed by atoms with Crippen LogP contribution in [0.4, 0.5) is 19.0 Å². The molecule has 2 aliphatic carbocycles. The first-order valence-corrected chi connectivity index (χ1v) is 17.6. The number of carbonyl (C=O) groups is 4. The van der Waals surface area contributed by atoms with Crippen LogP contribution in [-0.2, 0) is 30.8 Å². The molecule has 52 heavy (non-hydrogen) atoms. The molecule has 1 aromatic heterocycles. The minimum Gasteiger partial charge on any atom is -0.504 e. The Morgan fingerprint density at radius 2 is 1.75 bits per heavy atom. The second-order valence-corrected chi connectivity index (χ2v) is 14.2. The van der Waals surface area contributed by atoms with E-state index in [0.29, 0.717) is 39.9 Å². The van der Waals surface area contributed by atoms with Gasteiger partial charge in [0.2, 0.25) is 11.8 Å². The molecular formula is C37H33Cl2F3N4O6. The number of phenols is 1. The maximum Gasteiger partial charge on any atom is 0.417 e. The number of hydrogen-bond donors (Lipinski definition) is 2. The Bertz CT molecular complexity index is 2020. The van der Waals surface area contributed by atoms with E-state index in [4.69, 9.17) is 27.9 Å². The number of likely N-dealkylation sites (tertiary alicyclic amines) is 1. The fourth-order valence-electron chi connectivity index (χ4n) is 8.68. The van der Waals surface area contributed by atoms with Crippen molar-refractivity contribution in [3.8, 4) is 11.5 Å². The molecule has 6 atom stereocenters. The van der Waals surface area contributed by atoms with Crippen molar-refractivity contribution in [1.82, 2.24) is 14.9 Å². The van der Waals surface area contributed by atoms with E-state index in [-0.39, 0.29) is 60.7 Å². The topological polar surface area (TPSA) is 129 Å². The second kappa shape index (κ2) is 13.1. The van der Waals surface area contributed by atoms with E-state index < -0.39 is 63.6 Å². The Balaban J connectivity index is 1.45. The maximum absolute atomic E-state index is 15.3. The number of phenolic OH excluding ortho intramolecular Hbond substituents is 1. The number of pyridine rings is 1. The molecular weight excluding hydrogens is 724 g/mol. The third kappa shape index (κ3) is 5.34. The summed E-state index contributed by atoms with van der Waals surface area (Å²) < 4.78 is 46.0. The number of carbonyl (C=O) groups excluding carboxylic acids is 4. The number of aromatic hydroxyl groups is 1. The number of alkyl halides is 3. The first-order chi connectivity index (χ1) is 24.7. The number of fused-ring (bicyclic) bond motifs is 4. The van der Waals surface area contributed by atoms with Crippen molar-refractivity contribution in [2.45, 2.75) is 50.6 Å². The Hall–Kier alpha value is -4.62. The van der Waals surface area contributed by atoms with Crippen molar-refractivity contribution >= 4 is 52.6 Å². The van der Waals surface area contributed by atoms with Gasteiger partial charge in [0.25, 0.3) is 11.8 Å². The van der Waals surface area contributed by atoms with Crippen LogP contribution in [0.3, 0.4) is 0 Å². The highest BCUT2D eigenvalue weighted by molar-refractivity contribution is 6.33. The maximum atomic E-state index is 15.3. The third-order valence-electron chi connectivity index (χ3n) is 10.7. The van der Waals surface area contributed by atoms with Crippen LogP contribution in [-0.4, -0.2) is 56.8 Å². The number of hydrazine groups is 1. The van der Waals surface area contributed by atoms with Crippen LogP contribution in [0.15, 0.2) is 66.4 Å². The van der Waals surface area contributed by atoms with Crippen molar-refractivity contribution in [2.24, 2.45) is 23.7 Å². The lowest BCUT2D eigenvalue weighted by molar-refractivity contribution is -0.141. The molecule has 0 spiro atoms. The Morgan fingerprint density at radius 1 is 1.02 bits per heavy atom. The molecule has 0 radical (unpaired) electrons. The normalized spacial score (nSPS) is 27.0. The number of ether oxygens (including phenoxy) is 1. The van der Waals surface area contributed by atoms with Crippen molar-refractivity contribution < 1.29 is 42.2 Å². The molecule has 10 nitrogen and oxygen atoms in total. The van der Waals surface area contributed by atoms with Gasteiger partial charge in [0, 0.05) is 29.2 Å². The smallest absolute Gasteiger partial charge is 0.417 e. The largest absolute Gasteiger partial charge is 0.504 e. The van der Waals surface area contributed by atoms with E-state index in [1.54, 1.807) is 49.4 Å². The summed E-state index contributed by atoms with van der Waals surface area (Å²) >= 11 is 12.5. The van der Waals surface area contributed by atoms with E-state index in [0.717, 1.165) is 0 Å². The quantitative estimate of drug-likeness (QED) is 0.188. The summed E-state index contributed by atoms with van der Waals surface area (Å²) in [4.78, 5) is 62.6. The standard InChI is InChI=1S/C37H33Cl2F3N4O6/c1-3-14-45-32(48)22-13-12-21-24(28(22)34(45)50)16-25-33(49)46(44-31-26(39)15-19(17-43-31)37(40,41)42)35(51)36(25,18-8-10-20(38)11-9-18)29(21)23-6-5-7-27(30(23)47)52-4-2/h5-12,15,17,22,24-25,28-29,47H,3-4,13-14,16H2,1-2H3,(H,43,44). The highest BCUT2D eigenvalue weighted by Gasteiger charge is 2.70. The average molecular weight is 758 g/mol.